The van der Waals surface area contributed by atoms with E-state index in [0.29, 0.717) is 44.9 Å². The highest BCUT2D eigenvalue weighted by molar-refractivity contribution is 5.34. The molecule has 1 aromatic heterocycles. The fourth-order valence-corrected chi connectivity index (χ4v) is 8.32. The van der Waals surface area contributed by atoms with E-state index in [4.69, 9.17) is 0 Å². The molecule has 3 aliphatic rings. The fraction of sp³-hybridized carbons (Fsp3) is 0.806. The molecule has 12 heteroatoms. The molecule has 0 aliphatic heterocycles. The Labute approximate surface area is 251 Å². The number of hydrogen-bond acceptors (Lipinski definition) is 9. The molecule has 3 fully saturated rings. The van der Waals surface area contributed by atoms with Crippen molar-refractivity contribution in [3.05, 3.63) is 31.5 Å². The van der Waals surface area contributed by atoms with Crippen LogP contribution < -0.4 is 17.1 Å². The monoisotopic (exact) mass is 596 g/mol. The van der Waals surface area contributed by atoms with Gasteiger partial charge in [-0.05, 0) is 58.8 Å². The van der Waals surface area contributed by atoms with E-state index in [1.807, 2.05) is 6.92 Å². The molecule has 1 heterocycles. The first-order chi connectivity index (χ1) is 20.8. The molecule has 43 heavy (non-hydrogen) atoms. The summed E-state index contributed by atoms with van der Waals surface area (Å²) in [7, 11) is 0. The third-order valence-electron chi connectivity index (χ3n) is 10.5. The van der Waals surface area contributed by atoms with E-state index in [-0.39, 0.29) is 17.8 Å². The maximum atomic E-state index is 14.5. The highest BCUT2D eigenvalue weighted by Crippen LogP contribution is 2.40. The van der Waals surface area contributed by atoms with Crippen LogP contribution in [0.4, 0.5) is 0 Å². The van der Waals surface area contributed by atoms with Crippen LogP contribution in [-0.2, 0) is 14.4 Å². The normalized spacial score (nSPS) is 29.7. The van der Waals surface area contributed by atoms with E-state index >= 15 is 0 Å². The van der Waals surface area contributed by atoms with Crippen LogP contribution in [-0.4, -0.2) is 50.1 Å². The van der Waals surface area contributed by atoms with Crippen molar-refractivity contribution in [2.75, 3.05) is 0 Å². The molecule has 0 amide bonds. The van der Waals surface area contributed by atoms with Crippen LogP contribution in [0, 0.1) is 17.8 Å². The molecule has 0 spiro atoms. The molecule has 4 rings (SSSR count). The highest BCUT2D eigenvalue weighted by Gasteiger charge is 2.41. The molecule has 3 aliphatic carbocycles. The molecular formula is C31H44N6O6. The van der Waals surface area contributed by atoms with Crippen LogP contribution in [0.15, 0.2) is 29.4 Å². The third kappa shape index (κ3) is 6.57. The average Bonchev–Trinajstić information content (AvgIpc) is 3.01. The Morgan fingerprint density at radius 1 is 0.581 bits per heavy atom. The van der Waals surface area contributed by atoms with Gasteiger partial charge in [0.1, 0.15) is 0 Å². The molecule has 1 aromatic rings. The van der Waals surface area contributed by atoms with Crippen molar-refractivity contribution >= 4 is 18.2 Å². The smallest absolute Gasteiger partial charge is 0.247 e. The van der Waals surface area contributed by atoms with E-state index in [9.17, 15) is 28.8 Å². The van der Waals surface area contributed by atoms with Gasteiger partial charge in [-0.2, -0.15) is 0 Å². The zero-order chi connectivity index (χ0) is 31.1. The number of aromatic nitrogens is 3. The van der Waals surface area contributed by atoms with Gasteiger partial charge in [0, 0.05) is 35.9 Å². The summed E-state index contributed by atoms with van der Waals surface area (Å²) in [4.78, 5) is 89.2. The predicted molar refractivity (Wildman–Crippen MR) is 160 cm³/mol. The van der Waals surface area contributed by atoms with Crippen molar-refractivity contribution < 1.29 is 14.4 Å². The van der Waals surface area contributed by atoms with Gasteiger partial charge in [-0.3, -0.25) is 0 Å². The van der Waals surface area contributed by atoms with Crippen molar-refractivity contribution in [3.8, 4) is 0 Å². The van der Waals surface area contributed by atoms with Crippen LogP contribution in [0.3, 0.4) is 0 Å². The Bertz CT molecular complexity index is 1380. The van der Waals surface area contributed by atoms with Crippen LogP contribution >= 0.6 is 0 Å². The summed E-state index contributed by atoms with van der Waals surface area (Å²) in [6, 6.07) is -2.97. The van der Waals surface area contributed by atoms with Gasteiger partial charge >= 0.3 is 17.1 Å². The van der Waals surface area contributed by atoms with Crippen molar-refractivity contribution in [1.82, 2.24) is 13.7 Å². The Morgan fingerprint density at radius 2 is 0.907 bits per heavy atom. The lowest BCUT2D eigenvalue weighted by Crippen LogP contribution is -2.60. The third-order valence-corrected chi connectivity index (χ3v) is 10.5. The maximum Gasteiger partial charge on any atom is 0.336 e. The molecule has 0 radical (unpaired) electrons. The van der Waals surface area contributed by atoms with Gasteiger partial charge in [0.15, 0.2) is 0 Å². The minimum Gasteiger partial charge on any atom is -0.247 e. The van der Waals surface area contributed by atoms with Crippen LogP contribution in [0.25, 0.3) is 0 Å². The Balaban J connectivity index is 2.02. The number of aliphatic imine (C=N–C) groups is 3. The second kappa shape index (κ2) is 14.8. The van der Waals surface area contributed by atoms with E-state index in [1.54, 1.807) is 32.1 Å². The van der Waals surface area contributed by atoms with Gasteiger partial charge in [-0.25, -0.2) is 57.4 Å². The van der Waals surface area contributed by atoms with Crippen molar-refractivity contribution in [2.45, 2.75) is 140 Å². The lowest BCUT2D eigenvalue weighted by molar-refractivity contribution is 0.144. The number of carbonyl (C=O) groups excluding carboxylic acids is 3. The summed E-state index contributed by atoms with van der Waals surface area (Å²) in [5.74, 6) is -0.761. The van der Waals surface area contributed by atoms with Crippen molar-refractivity contribution in [1.29, 1.82) is 0 Å². The first-order valence-electron chi connectivity index (χ1n) is 16.0. The molecule has 234 valence electrons. The lowest BCUT2D eigenvalue weighted by Gasteiger charge is -2.39. The summed E-state index contributed by atoms with van der Waals surface area (Å²) in [5, 5.41) is 0. The molecular weight excluding hydrogens is 552 g/mol. The maximum absolute atomic E-state index is 14.5. The Hall–Kier alpha value is -3.45. The van der Waals surface area contributed by atoms with E-state index in [0.717, 1.165) is 38.5 Å². The number of rotatable bonds is 10. The first-order valence-corrected chi connectivity index (χ1v) is 16.0. The summed E-state index contributed by atoms with van der Waals surface area (Å²) in [5.41, 5.74) is -1.97. The molecule has 0 bridgehead atoms. The second-order valence-corrected chi connectivity index (χ2v) is 12.6. The average molecular weight is 597 g/mol. The van der Waals surface area contributed by atoms with E-state index < -0.39 is 53.3 Å². The molecule has 9 atom stereocenters. The second-order valence-electron chi connectivity index (χ2n) is 12.6. The molecule has 3 saturated carbocycles. The molecule has 0 saturated heterocycles. The van der Waals surface area contributed by atoms with Gasteiger partial charge in [0.05, 0.1) is 18.1 Å². The van der Waals surface area contributed by atoms with E-state index in [2.05, 4.69) is 15.0 Å². The van der Waals surface area contributed by atoms with Gasteiger partial charge in [-0.1, -0.05) is 45.4 Å². The highest BCUT2D eigenvalue weighted by atomic mass is 16.2. The minimum atomic E-state index is -0.657. The Morgan fingerprint density at radius 3 is 1.26 bits per heavy atom. The SMILES string of the molecule is CCC(N=C=O)C1CCCCC1n1c(=O)n(C2CCCCC2C(C)N=C=O)c(=O)n(C2CCCCC2C(C)N=C=O)c1=O. The zero-order valence-electron chi connectivity index (χ0n) is 25.5. The number of isocyanates is 3. The van der Waals surface area contributed by atoms with Gasteiger partial charge < -0.3 is 0 Å². The number of hydrogen-bond donors (Lipinski definition) is 0. The van der Waals surface area contributed by atoms with Crippen molar-refractivity contribution in [3.63, 3.8) is 0 Å². The summed E-state index contributed by atoms with van der Waals surface area (Å²) >= 11 is 0. The van der Waals surface area contributed by atoms with Gasteiger partial charge in [0.2, 0.25) is 18.2 Å². The minimum absolute atomic E-state index is 0.244. The first kappa shape index (κ1) is 32.5. The lowest BCUT2D eigenvalue weighted by atomic mass is 9.78. The summed E-state index contributed by atoms with van der Waals surface area (Å²) < 4.78 is 3.79. The van der Waals surface area contributed by atoms with Crippen LogP contribution in [0.1, 0.15) is 122 Å². The standard InChI is InChI=1S/C31H44N6O6/c1-4-25(34-19-40)24-13-7-10-16-28(24)37-30(42)35(26-14-8-5-11-22(26)20(2)32-17-38)29(41)36(31(37)43)27-15-9-6-12-23(27)21(3)33-18-39/h20-28H,4-16H2,1-3H3. The molecule has 0 N–H and O–H groups in total. The van der Waals surface area contributed by atoms with Gasteiger partial charge in [-0.15, -0.1) is 0 Å². The molecule has 9 unspecified atom stereocenters. The topological polar surface area (TPSA) is 154 Å². The van der Waals surface area contributed by atoms with E-state index in [1.165, 1.54) is 13.7 Å². The summed E-state index contributed by atoms with van der Waals surface area (Å²) in [6.07, 6.45) is 14.2. The number of nitrogens with zero attached hydrogens (tertiary/aromatic N) is 6. The molecule has 12 nitrogen and oxygen atoms in total. The zero-order valence-corrected chi connectivity index (χ0v) is 25.5. The molecule has 0 aromatic carbocycles. The van der Waals surface area contributed by atoms with Crippen LogP contribution in [0.5, 0.6) is 0 Å². The Kier molecular flexibility index (Phi) is 11.2. The van der Waals surface area contributed by atoms with Gasteiger partial charge in [0.25, 0.3) is 0 Å². The fourth-order valence-electron chi connectivity index (χ4n) is 8.32. The van der Waals surface area contributed by atoms with Crippen LogP contribution in [0.2, 0.25) is 0 Å². The van der Waals surface area contributed by atoms with Crippen molar-refractivity contribution in [2.24, 2.45) is 32.7 Å². The summed E-state index contributed by atoms with van der Waals surface area (Å²) in [6.45, 7) is 5.51. The largest absolute Gasteiger partial charge is 0.336 e. The predicted octanol–water partition coefficient (Wildman–Crippen LogP) is 3.93. The quantitative estimate of drug-likeness (QED) is 0.294.